The quantitative estimate of drug-likeness (QED) is 0.458. The molecule has 0 bridgehead atoms. The predicted octanol–water partition coefficient (Wildman–Crippen LogP) is -0.632. The first-order valence-corrected chi connectivity index (χ1v) is 9.69. The zero-order valence-corrected chi connectivity index (χ0v) is 18.7. The van der Waals surface area contributed by atoms with Crippen LogP contribution in [0.25, 0.3) is 22.2 Å². The molecule has 4 heteroatoms. The Balaban J connectivity index is 0.000000980. The van der Waals surface area contributed by atoms with Crippen molar-refractivity contribution in [2.45, 2.75) is 19.3 Å². The third-order valence-corrected chi connectivity index (χ3v) is 6.70. The fraction of sp³-hybridized carbons (Fsp3) is 0.182. The molecule has 1 unspecified atom stereocenters. The van der Waals surface area contributed by atoms with Gasteiger partial charge < -0.3 is 24.8 Å². The summed E-state index contributed by atoms with van der Waals surface area (Å²) < 4.78 is 3.99. The Morgan fingerprint density at radius 2 is 1.85 bits per heavy atom. The summed E-state index contributed by atoms with van der Waals surface area (Å²) in [6.07, 6.45) is 5.83. The zero-order chi connectivity index (χ0) is 16.4. The van der Waals surface area contributed by atoms with Crippen LogP contribution in [0.2, 0.25) is 0 Å². The van der Waals surface area contributed by atoms with E-state index in [4.69, 9.17) is 0 Å². The topological polar surface area (TPSA) is 4.93 Å². The van der Waals surface area contributed by atoms with E-state index in [1.807, 2.05) is 0 Å². The Bertz CT molecular complexity index is 1080. The van der Waals surface area contributed by atoms with Crippen LogP contribution in [0, 0.1) is 6.92 Å². The van der Waals surface area contributed by atoms with Crippen LogP contribution in [0.15, 0.2) is 63.5 Å². The van der Waals surface area contributed by atoms with Gasteiger partial charge in [0, 0.05) is 0 Å². The van der Waals surface area contributed by atoms with Crippen LogP contribution < -0.4 is 24.8 Å². The SMILES string of the molecule is Cc1ccc2c(c1)c1c(n2C)-c2ccccc2C1C1=[C]([Zr+2])CC=C1.[Cl-].[Cl-]. The van der Waals surface area contributed by atoms with E-state index in [2.05, 4.69) is 73.2 Å². The number of hydrogen-bond donors (Lipinski definition) is 0. The average Bonchev–Trinajstić information content (AvgIpc) is 3.21. The van der Waals surface area contributed by atoms with Crippen LogP contribution in [-0.2, 0) is 31.8 Å². The molecule has 26 heavy (non-hydrogen) atoms. The number of benzene rings is 2. The normalized spacial score (nSPS) is 17.2. The van der Waals surface area contributed by atoms with Gasteiger partial charge in [0.05, 0.1) is 0 Å². The summed E-state index contributed by atoms with van der Waals surface area (Å²) in [5.41, 5.74) is 10.0. The van der Waals surface area contributed by atoms with E-state index in [9.17, 15) is 0 Å². The molecule has 1 aromatic heterocycles. The fourth-order valence-corrected chi connectivity index (χ4v) is 5.29. The van der Waals surface area contributed by atoms with E-state index in [0.717, 1.165) is 6.42 Å². The predicted molar refractivity (Wildman–Crippen MR) is 95.7 cm³/mol. The minimum atomic E-state index is 0. The number of allylic oxidation sites excluding steroid dienone is 4. The second-order valence-electron chi connectivity index (χ2n) is 6.90. The first-order chi connectivity index (χ1) is 11.7. The summed E-state index contributed by atoms with van der Waals surface area (Å²) in [7, 11) is 2.22. The number of halogens is 2. The molecule has 2 aromatic carbocycles. The molecule has 0 aliphatic heterocycles. The smallest absolute Gasteiger partial charge is 1.00 e. The van der Waals surface area contributed by atoms with Crippen LogP contribution in [0.3, 0.4) is 0 Å². The van der Waals surface area contributed by atoms with Crippen LogP contribution in [0.4, 0.5) is 0 Å². The monoisotopic (exact) mass is 456 g/mol. The number of nitrogens with zero attached hydrogens (tertiary/aromatic N) is 1. The van der Waals surface area contributed by atoms with Crippen molar-refractivity contribution in [2.24, 2.45) is 7.05 Å². The van der Waals surface area contributed by atoms with Crippen molar-refractivity contribution < 1.29 is 49.5 Å². The minimum Gasteiger partial charge on any atom is -1.00 e. The van der Waals surface area contributed by atoms with E-state index >= 15 is 0 Å². The molecule has 0 radical (unpaired) electrons. The summed E-state index contributed by atoms with van der Waals surface area (Å²) in [5, 5.41) is 1.42. The van der Waals surface area contributed by atoms with Gasteiger partial charge >= 0.3 is 158 Å². The molecule has 0 fully saturated rings. The second kappa shape index (κ2) is 7.15. The summed E-state index contributed by atoms with van der Waals surface area (Å²) in [6, 6.07) is 15.8. The summed E-state index contributed by atoms with van der Waals surface area (Å²) >= 11 is 1.55. The minimum absolute atomic E-state index is 0. The summed E-state index contributed by atoms with van der Waals surface area (Å²) in [6.45, 7) is 2.19. The Hall–Kier alpha value is -1.08. The summed E-state index contributed by atoms with van der Waals surface area (Å²) in [5.74, 6) is 0.398. The maximum Gasteiger partial charge on any atom is -1.00 e. The maximum absolute atomic E-state index is 2.39. The Morgan fingerprint density at radius 1 is 1.08 bits per heavy atom. The molecule has 0 saturated heterocycles. The standard InChI is InChI=1S/C22H18N.2ClH.Zr/c1-14-11-12-19-18(13-14)21-20(15-7-3-4-8-15)16-9-5-6-10-17(16)22(21)23(19)2;;;/h3,5-7,9-13,20H,4H2,1-2H3;2*1H;/q;;;+2/p-2. The Kier molecular flexibility index (Phi) is 5.41. The van der Waals surface area contributed by atoms with Gasteiger partial charge in [0.2, 0.25) is 0 Å². The molecule has 0 N–H and O–H groups in total. The zero-order valence-electron chi connectivity index (χ0n) is 14.7. The van der Waals surface area contributed by atoms with Gasteiger partial charge in [0.25, 0.3) is 0 Å². The van der Waals surface area contributed by atoms with Gasteiger partial charge in [-0.2, -0.15) is 0 Å². The number of rotatable bonds is 1. The van der Waals surface area contributed by atoms with Crippen molar-refractivity contribution in [2.75, 3.05) is 0 Å². The molecule has 2 aliphatic rings. The van der Waals surface area contributed by atoms with Crippen molar-refractivity contribution in [3.05, 3.63) is 80.2 Å². The van der Waals surface area contributed by atoms with E-state index in [-0.39, 0.29) is 24.8 Å². The number of hydrogen-bond acceptors (Lipinski definition) is 0. The van der Waals surface area contributed by atoms with Crippen molar-refractivity contribution in [1.82, 2.24) is 4.57 Å². The van der Waals surface area contributed by atoms with Gasteiger partial charge in [-0.1, -0.05) is 0 Å². The molecule has 2 aliphatic carbocycles. The van der Waals surface area contributed by atoms with Gasteiger partial charge in [0.1, 0.15) is 0 Å². The molecule has 0 saturated carbocycles. The van der Waals surface area contributed by atoms with Gasteiger partial charge in [-0.15, -0.1) is 0 Å². The number of aryl methyl sites for hydroxylation is 2. The van der Waals surface area contributed by atoms with Gasteiger partial charge in [0.15, 0.2) is 0 Å². The fourth-order valence-electron chi connectivity index (χ4n) is 4.44. The van der Waals surface area contributed by atoms with Crippen LogP contribution in [0.1, 0.15) is 29.0 Å². The van der Waals surface area contributed by atoms with Gasteiger partial charge in [-0.25, -0.2) is 0 Å². The first kappa shape index (κ1) is 19.7. The molecule has 0 amide bonds. The van der Waals surface area contributed by atoms with Crippen LogP contribution in [-0.4, -0.2) is 4.57 Å². The van der Waals surface area contributed by atoms with Gasteiger partial charge in [-0.3, -0.25) is 0 Å². The van der Waals surface area contributed by atoms with E-state index in [1.54, 1.807) is 28.0 Å². The van der Waals surface area contributed by atoms with Crippen molar-refractivity contribution in [1.29, 1.82) is 0 Å². The second-order valence-corrected chi connectivity index (χ2v) is 8.39. The number of fused-ring (bicyclic) bond motifs is 5. The molecule has 5 rings (SSSR count). The maximum atomic E-state index is 2.39. The van der Waals surface area contributed by atoms with Crippen LogP contribution in [0.5, 0.6) is 0 Å². The molecule has 0 spiro atoms. The molecule has 129 valence electrons. The van der Waals surface area contributed by atoms with Crippen molar-refractivity contribution >= 4 is 10.9 Å². The van der Waals surface area contributed by atoms with Crippen molar-refractivity contribution in [3.8, 4) is 11.3 Å². The molecular formula is C22H18Cl2NZr. The third kappa shape index (κ3) is 2.61. The van der Waals surface area contributed by atoms with E-state index in [0.29, 0.717) is 5.92 Å². The Morgan fingerprint density at radius 3 is 2.58 bits per heavy atom. The van der Waals surface area contributed by atoms with Gasteiger partial charge in [-0.05, 0) is 0 Å². The largest absolute Gasteiger partial charge is 1.00 e. The van der Waals surface area contributed by atoms with Crippen molar-refractivity contribution in [3.63, 3.8) is 0 Å². The molecule has 1 atom stereocenters. The Labute approximate surface area is 181 Å². The third-order valence-electron chi connectivity index (χ3n) is 5.49. The number of aromatic nitrogens is 1. The molecule has 1 heterocycles. The summed E-state index contributed by atoms with van der Waals surface area (Å²) in [4.78, 5) is 0. The molecule has 3 aromatic rings. The molecular weight excluding hydrogens is 440 g/mol. The van der Waals surface area contributed by atoms with Crippen LogP contribution >= 0.6 is 0 Å². The van der Waals surface area contributed by atoms with E-state index in [1.165, 1.54) is 44.4 Å². The van der Waals surface area contributed by atoms with E-state index < -0.39 is 0 Å². The average molecular weight is 459 g/mol. The molecule has 1 nitrogen and oxygen atoms in total. The first-order valence-electron chi connectivity index (χ1n) is 8.46.